The molecule has 1 saturated carbocycles. The number of sulfonamides is 1. The van der Waals surface area contributed by atoms with Crippen molar-refractivity contribution in [1.29, 1.82) is 0 Å². The zero-order valence-electron chi connectivity index (χ0n) is 11.8. The molecule has 1 aromatic carbocycles. The van der Waals surface area contributed by atoms with E-state index >= 15 is 0 Å². The van der Waals surface area contributed by atoms with Crippen LogP contribution in [0.3, 0.4) is 0 Å². The van der Waals surface area contributed by atoms with Crippen molar-refractivity contribution < 1.29 is 27.9 Å². The standard InChI is InChI=1S/C13H18N2O2S.CH3.Ru.H/c1-10-6-8-11(9-7-10)18(16,17)15-13-5-3-2-4-12(13)14;;;/h6-9,12-14H,2-5H2,1H3;1H3;;/q-2;-1;+3;. The number of hydrogen-bond acceptors (Lipinski definition) is 2. The van der Waals surface area contributed by atoms with E-state index in [-0.39, 0.29) is 43.9 Å². The first-order valence-electron chi connectivity index (χ1n) is 6.24. The summed E-state index contributed by atoms with van der Waals surface area (Å²) < 4.78 is 28.1. The second-order valence-corrected chi connectivity index (χ2v) is 6.48. The minimum absolute atomic E-state index is 0. The van der Waals surface area contributed by atoms with E-state index in [0.29, 0.717) is 6.42 Å². The molecule has 6 heteroatoms. The number of rotatable bonds is 3. The first-order chi connectivity index (χ1) is 8.49. The molecule has 114 valence electrons. The Labute approximate surface area is 135 Å². The Morgan fingerprint density at radius 3 is 2.25 bits per heavy atom. The van der Waals surface area contributed by atoms with Gasteiger partial charge in [0.2, 0.25) is 0 Å². The molecule has 0 amide bonds. The predicted octanol–water partition coefficient (Wildman–Crippen LogP) is 3.60. The summed E-state index contributed by atoms with van der Waals surface area (Å²) in [5.74, 6) is 0. The second kappa shape index (κ2) is 8.23. The SMILES string of the molecule is Cc1ccc(S(=O)(=O)[N-]C2CCCCC2[NH-])cc1.[CH3-].[RuH+3]. The van der Waals surface area contributed by atoms with Gasteiger partial charge in [0.05, 0.1) is 0 Å². The van der Waals surface area contributed by atoms with Crippen LogP contribution >= 0.6 is 0 Å². The molecule has 1 radical (unpaired) electrons. The molecule has 4 nitrogen and oxygen atoms in total. The quantitative estimate of drug-likeness (QED) is 0.591. The van der Waals surface area contributed by atoms with Crippen molar-refractivity contribution in [3.63, 3.8) is 0 Å². The van der Waals surface area contributed by atoms with E-state index in [4.69, 9.17) is 5.73 Å². The molecule has 0 spiro atoms. The molecule has 1 aliphatic rings. The maximum absolute atomic E-state index is 12.1. The van der Waals surface area contributed by atoms with E-state index in [1.807, 2.05) is 6.92 Å². The molecule has 1 aliphatic carbocycles. The first-order valence-corrected chi connectivity index (χ1v) is 7.68. The Balaban J connectivity index is 0.00000180. The van der Waals surface area contributed by atoms with Gasteiger partial charge in [0, 0.05) is 4.90 Å². The molecular formula is C14H22N2O2RuS. The van der Waals surface area contributed by atoms with Gasteiger partial charge in [0.15, 0.2) is 0 Å². The number of hydrogen-bond donors (Lipinski definition) is 0. The van der Waals surface area contributed by atoms with Crippen molar-refractivity contribution in [2.75, 3.05) is 0 Å². The van der Waals surface area contributed by atoms with Gasteiger partial charge in [-0.3, -0.25) is 0 Å². The number of aryl methyl sites for hydroxylation is 1. The fourth-order valence-corrected chi connectivity index (χ4v) is 3.40. The second-order valence-electron chi connectivity index (χ2n) is 4.85. The van der Waals surface area contributed by atoms with Crippen LogP contribution in [0.4, 0.5) is 0 Å². The average molecular weight is 383 g/mol. The molecule has 0 bridgehead atoms. The fourth-order valence-electron chi connectivity index (χ4n) is 2.19. The molecule has 2 atom stereocenters. The van der Waals surface area contributed by atoms with Crippen molar-refractivity contribution in [2.24, 2.45) is 0 Å². The molecule has 20 heavy (non-hydrogen) atoms. The Bertz CT molecular complexity index is 502. The van der Waals surface area contributed by atoms with Crippen molar-refractivity contribution in [3.05, 3.63) is 47.7 Å². The van der Waals surface area contributed by atoms with Gasteiger partial charge in [-0.25, -0.2) is 8.42 Å². The van der Waals surface area contributed by atoms with Gasteiger partial charge in [-0.05, 0) is 19.1 Å². The monoisotopic (exact) mass is 384 g/mol. The summed E-state index contributed by atoms with van der Waals surface area (Å²) >= 11 is 0. The van der Waals surface area contributed by atoms with Gasteiger partial charge in [0.25, 0.3) is 0 Å². The molecule has 1 fully saturated rings. The van der Waals surface area contributed by atoms with Gasteiger partial charge >= 0.3 is 19.5 Å². The normalized spacial score (nSPS) is 22.5. The Kier molecular flexibility index (Phi) is 8.11. The minimum atomic E-state index is -3.60. The zero-order chi connectivity index (χ0) is 13.2. The summed E-state index contributed by atoms with van der Waals surface area (Å²) in [7, 11) is -3.60. The van der Waals surface area contributed by atoms with Crippen molar-refractivity contribution in [1.82, 2.24) is 0 Å². The summed E-state index contributed by atoms with van der Waals surface area (Å²) in [5, 5.41) is 0. The van der Waals surface area contributed by atoms with Crippen LogP contribution < -0.4 is 0 Å². The average Bonchev–Trinajstić information content (AvgIpc) is 2.32. The van der Waals surface area contributed by atoms with E-state index in [0.717, 1.165) is 24.8 Å². The molecule has 0 saturated heterocycles. The summed E-state index contributed by atoms with van der Waals surface area (Å²) in [6, 6.07) is 5.94. The van der Waals surface area contributed by atoms with Gasteiger partial charge in [-0.15, -0.1) is 6.04 Å². The van der Waals surface area contributed by atoms with Crippen LogP contribution in [0, 0.1) is 14.4 Å². The molecule has 1 aromatic rings. The van der Waals surface area contributed by atoms with Gasteiger partial charge < -0.3 is 17.9 Å². The van der Waals surface area contributed by atoms with Crippen LogP contribution in [0.1, 0.15) is 31.2 Å². The number of nitrogens with zero attached hydrogens (tertiary/aromatic N) is 1. The van der Waals surface area contributed by atoms with Crippen molar-refractivity contribution >= 4 is 10.0 Å². The number of benzene rings is 1. The third kappa shape index (κ3) is 4.92. The van der Waals surface area contributed by atoms with E-state index in [1.54, 1.807) is 24.3 Å². The summed E-state index contributed by atoms with van der Waals surface area (Å²) in [6.07, 6.45) is 3.43. The van der Waals surface area contributed by atoms with Crippen LogP contribution in [0.15, 0.2) is 29.2 Å². The van der Waals surface area contributed by atoms with Crippen LogP contribution in [0.2, 0.25) is 0 Å². The Hall–Kier alpha value is -0.287. The third-order valence-electron chi connectivity index (χ3n) is 3.32. The molecule has 2 rings (SSSR count). The Morgan fingerprint density at radius 2 is 1.70 bits per heavy atom. The van der Waals surface area contributed by atoms with Crippen molar-refractivity contribution in [3.8, 4) is 0 Å². The van der Waals surface area contributed by atoms with Crippen LogP contribution in [0.25, 0.3) is 10.5 Å². The molecule has 0 heterocycles. The number of nitrogens with one attached hydrogen (secondary N) is 1. The summed E-state index contributed by atoms with van der Waals surface area (Å²) in [6.45, 7) is 1.91. The van der Waals surface area contributed by atoms with E-state index in [1.165, 1.54) is 0 Å². The summed E-state index contributed by atoms with van der Waals surface area (Å²) in [5.41, 5.74) is 8.87. The van der Waals surface area contributed by atoms with Crippen LogP contribution in [-0.2, 0) is 29.5 Å². The van der Waals surface area contributed by atoms with Gasteiger partial charge in [-0.1, -0.05) is 43.4 Å². The van der Waals surface area contributed by atoms with E-state index in [2.05, 4.69) is 4.72 Å². The predicted molar refractivity (Wildman–Crippen MR) is 79.9 cm³/mol. The third-order valence-corrected chi connectivity index (χ3v) is 4.74. The first kappa shape index (κ1) is 19.7. The topological polar surface area (TPSA) is 72.0 Å². The summed E-state index contributed by atoms with van der Waals surface area (Å²) in [4.78, 5) is 0.228. The fraction of sp³-hybridized carbons (Fsp3) is 0.500. The zero-order valence-corrected chi connectivity index (χ0v) is 14.5. The Morgan fingerprint density at radius 1 is 1.15 bits per heavy atom. The van der Waals surface area contributed by atoms with Crippen LogP contribution in [0.5, 0.6) is 0 Å². The van der Waals surface area contributed by atoms with Gasteiger partial charge in [0.1, 0.15) is 10.0 Å². The van der Waals surface area contributed by atoms with E-state index < -0.39 is 10.0 Å². The maximum atomic E-state index is 12.1. The molecule has 1 N–H and O–H groups in total. The molecule has 0 aliphatic heterocycles. The molecular weight excluding hydrogens is 361 g/mol. The van der Waals surface area contributed by atoms with Crippen LogP contribution in [-0.4, -0.2) is 20.5 Å². The van der Waals surface area contributed by atoms with E-state index in [9.17, 15) is 8.42 Å². The molecule has 0 aromatic heterocycles. The van der Waals surface area contributed by atoms with Gasteiger partial charge in [-0.2, -0.15) is 6.04 Å². The molecule has 2 unspecified atom stereocenters. The van der Waals surface area contributed by atoms with Crippen molar-refractivity contribution in [2.45, 2.75) is 49.6 Å².